The first kappa shape index (κ1) is 36.9. The van der Waals surface area contributed by atoms with E-state index >= 15 is 0 Å². The first-order valence-electron chi connectivity index (χ1n) is 13.9. The summed E-state index contributed by atoms with van der Waals surface area (Å²) in [4.78, 5) is 63.0. The molecule has 0 bridgehead atoms. The summed E-state index contributed by atoms with van der Waals surface area (Å²) < 4.78 is 0. The molecular weight excluding hydrogens is 576 g/mol. The molecule has 0 fully saturated rings. The number of amides is 5. The summed E-state index contributed by atoms with van der Waals surface area (Å²) in [5.41, 5.74) is 27.8. The van der Waals surface area contributed by atoms with E-state index in [4.69, 9.17) is 39.5 Å². The molecule has 0 aliphatic heterocycles. The predicted molar refractivity (Wildman–Crippen MR) is 162 cm³/mol. The van der Waals surface area contributed by atoms with Crippen molar-refractivity contribution in [1.29, 1.82) is 10.8 Å². The van der Waals surface area contributed by atoms with Gasteiger partial charge in [-0.05, 0) is 49.8 Å². The number of nitrogens with one attached hydrogen (secondary N) is 7. The van der Waals surface area contributed by atoms with Crippen molar-refractivity contribution in [3.63, 3.8) is 0 Å². The monoisotopic (exact) mass is 620 g/mol. The average Bonchev–Trinajstić information content (AvgIpc) is 2.94. The quantitative estimate of drug-likeness (QED) is 0.0378. The number of carbonyl (C=O) groups is 5. The highest BCUT2D eigenvalue weighted by Crippen LogP contribution is 2.12. The largest absolute Gasteiger partial charge is 0.508 e. The normalized spacial score (nSPS) is 13.3. The van der Waals surface area contributed by atoms with E-state index in [1.807, 2.05) is 0 Å². The van der Waals surface area contributed by atoms with Gasteiger partial charge in [0.1, 0.15) is 23.9 Å². The predicted octanol–water partition coefficient (Wildman–Crippen LogP) is -4.01. The van der Waals surface area contributed by atoms with Crippen molar-refractivity contribution in [1.82, 2.24) is 26.6 Å². The van der Waals surface area contributed by atoms with Crippen LogP contribution < -0.4 is 55.3 Å². The van der Waals surface area contributed by atoms with Gasteiger partial charge >= 0.3 is 0 Å². The summed E-state index contributed by atoms with van der Waals surface area (Å²) >= 11 is 0. The molecule has 44 heavy (non-hydrogen) atoms. The Bertz CT molecular complexity index is 1160. The van der Waals surface area contributed by atoms with Crippen LogP contribution in [0.1, 0.15) is 44.1 Å². The second kappa shape index (κ2) is 19.1. The lowest BCUT2D eigenvalue weighted by Crippen LogP contribution is -2.58. The molecule has 18 N–H and O–H groups in total. The number of hydrogen-bond donors (Lipinski definition) is 13. The van der Waals surface area contributed by atoms with Gasteiger partial charge in [-0.1, -0.05) is 12.1 Å². The fourth-order valence-electron chi connectivity index (χ4n) is 3.94. The number of carbonyl (C=O) groups excluding carboxylic acids is 5. The van der Waals surface area contributed by atoms with Gasteiger partial charge in [0.05, 0.1) is 6.04 Å². The Morgan fingerprint density at radius 3 is 1.68 bits per heavy atom. The first-order valence-corrected chi connectivity index (χ1v) is 13.9. The minimum absolute atomic E-state index is 0.00499. The van der Waals surface area contributed by atoms with Crippen molar-refractivity contribution >= 4 is 41.5 Å². The van der Waals surface area contributed by atoms with E-state index in [1.54, 1.807) is 12.1 Å². The van der Waals surface area contributed by atoms with E-state index < -0.39 is 53.7 Å². The zero-order valence-corrected chi connectivity index (χ0v) is 24.4. The Morgan fingerprint density at radius 1 is 0.705 bits per heavy atom. The number of guanidine groups is 2. The van der Waals surface area contributed by atoms with Gasteiger partial charge < -0.3 is 60.4 Å². The molecular formula is C26H44N12O6. The van der Waals surface area contributed by atoms with Crippen LogP contribution in [0.4, 0.5) is 0 Å². The number of hydrogen-bond acceptors (Lipinski definition) is 9. The van der Waals surface area contributed by atoms with E-state index in [2.05, 4.69) is 26.6 Å². The van der Waals surface area contributed by atoms with Crippen LogP contribution >= 0.6 is 0 Å². The van der Waals surface area contributed by atoms with Crippen molar-refractivity contribution in [2.45, 2.75) is 69.1 Å². The third-order valence-electron chi connectivity index (χ3n) is 6.31. The number of aromatic hydroxyl groups is 1. The fourth-order valence-corrected chi connectivity index (χ4v) is 3.94. The summed E-state index contributed by atoms with van der Waals surface area (Å²) in [6.45, 7) is 0.493. The SMILES string of the molecule is N=C(N)NCCC[C@H](NC(=O)[C@H](CCC(N)=O)NC(=O)[C@@H](N)CCCNC(=N)N)C(=O)N[C@@H](Cc1ccc(O)cc1)C(N)=O. The number of phenolic OH excluding ortho intramolecular Hbond substituents is 1. The Hall–Kier alpha value is -5.13. The second-order valence-electron chi connectivity index (χ2n) is 10.0. The summed E-state index contributed by atoms with van der Waals surface area (Å²) in [5, 5.41) is 36.7. The lowest BCUT2D eigenvalue weighted by Gasteiger charge is -2.25. The summed E-state index contributed by atoms with van der Waals surface area (Å²) in [6.07, 6.45) is 0.442. The van der Waals surface area contributed by atoms with E-state index in [9.17, 15) is 29.1 Å². The van der Waals surface area contributed by atoms with E-state index in [1.165, 1.54) is 12.1 Å². The zero-order valence-electron chi connectivity index (χ0n) is 24.4. The molecule has 18 heteroatoms. The molecule has 0 heterocycles. The molecule has 0 spiro atoms. The van der Waals surface area contributed by atoms with E-state index in [-0.39, 0.29) is 62.7 Å². The van der Waals surface area contributed by atoms with E-state index in [0.717, 1.165) is 0 Å². The number of phenols is 1. The third-order valence-corrected chi connectivity index (χ3v) is 6.31. The fraction of sp³-hybridized carbons (Fsp3) is 0.500. The Kier molecular flexibility index (Phi) is 16.0. The maximum atomic E-state index is 13.3. The molecule has 244 valence electrons. The van der Waals surface area contributed by atoms with Gasteiger partial charge in [0, 0.05) is 25.9 Å². The Morgan fingerprint density at radius 2 is 1.18 bits per heavy atom. The molecule has 0 radical (unpaired) electrons. The molecule has 5 amide bonds. The number of benzene rings is 1. The maximum Gasteiger partial charge on any atom is 0.243 e. The van der Waals surface area contributed by atoms with Gasteiger partial charge in [-0.3, -0.25) is 34.8 Å². The molecule has 0 unspecified atom stereocenters. The van der Waals surface area contributed by atoms with Crippen molar-refractivity contribution in [3.8, 4) is 5.75 Å². The molecule has 4 atom stereocenters. The summed E-state index contributed by atoms with van der Waals surface area (Å²) in [7, 11) is 0. The van der Waals surface area contributed by atoms with Crippen LogP contribution in [0.25, 0.3) is 0 Å². The molecule has 0 saturated heterocycles. The number of primary amides is 2. The minimum atomic E-state index is -1.29. The summed E-state index contributed by atoms with van der Waals surface area (Å²) in [5.74, 6) is -4.32. The maximum absolute atomic E-state index is 13.3. The highest BCUT2D eigenvalue weighted by atomic mass is 16.3. The molecule has 1 rings (SSSR count). The molecule has 1 aromatic rings. The molecule has 18 nitrogen and oxygen atoms in total. The van der Waals surface area contributed by atoms with Crippen LogP contribution in [-0.2, 0) is 30.4 Å². The van der Waals surface area contributed by atoms with Crippen LogP contribution in [-0.4, -0.2) is 83.8 Å². The Balaban J connectivity index is 3.05. The smallest absolute Gasteiger partial charge is 0.243 e. The van der Waals surface area contributed by atoms with Gasteiger partial charge in [0.2, 0.25) is 29.5 Å². The molecule has 0 aromatic heterocycles. The average molecular weight is 621 g/mol. The van der Waals surface area contributed by atoms with Crippen LogP contribution in [0.5, 0.6) is 5.75 Å². The van der Waals surface area contributed by atoms with Crippen molar-refractivity contribution in [2.75, 3.05) is 13.1 Å². The van der Waals surface area contributed by atoms with Crippen LogP contribution in [0, 0.1) is 10.8 Å². The van der Waals surface area contributed by atoms with Crippen LogP contribution in [0.2, 0.25) is 0 Å². The lowest BCUT2D eigenvalue weighted by molar-refractivity contribution is -0.134. The third kappa shape index (κ3) is 15.2. The molecule has 0 aliphatic rings. The van der Waals surface area contributed by atoms with Gasteiger partial charge in [-0.25, -0.2) is 0 Å². The lowest BCUT2D eigenvalue weighted by atomic mass is 10.0. The highest BCUT2D eigenvalue weighted by molar-refractivity contribution is 5.95. The summed E-state index contributed by atoms with van der Waals surface area (Å²) in [6, 6.07) is 1.23. The molecule has 1 aromatic carbocycles. The van der Waals surface area contributed by atoms with Crippen LogP contribution in [0.15, 0.2) is 24.3 Å². The molecule has 0 saturated carbocycles. The van der Waals surface area contributed by atoms with Crippen molar-refractivity contribution in [2.24, 2.45) is 28.7 Å². The van der Waals surface area contributed by atoms with Gasteiger partial charge in [-0.2, -0.15) is 0 Å². The van der Waals surface area contributed by atoms with Crippen LogP contribution in [0.3, 0.4) is 0 Å². The molecule has 0 aliphatic carbocycles. The number of rotatable bonds is 20. The Labute approximate surface area is 254 Å². The first-order chi connectivity index (χ1) is 20.7. The van der Waals surface area contributed by atoms with Crippen molar-refractivity contribution < 1.29 is 29.1 Å². The highest BCUT2D eigenvalue weighted by Gasteiger charge is 2.30. The van der Waals surface area contributed by atoms with Gasteiger partial charge in [0.15, 0.2) is 11.9 Å². The van der Waals surface area contributed by atoms with Gasteiger partial charge in [0.25, 0.3) is 0 Å². The zero-order chi connectivity index (χ0) is 33.2. The topological polar surface area (TPSA) is 344 Å². The van der Waals surface area contributed by atoms with E-state index in [0.29, 0.717) is 18.5 Å². The second-order valence-corrected chi connectivity index (χ2v) is 10.0. The van der Waals surface area contributed by atoms with Crippen molar-refractivity contribution in [3.05, 3.63) is 29.8 Å². The van der Waals surface area contributed by atoms with Gasteiger partial charge in [-0.15, -0.1) is 0 Å². The number of nitrogens with two attached hydrogens (primary N) is 5. The minimum Gasteiger partial charge on any atom is -0.508 e. The standard InChI is InChI=1S/C26H44N12O6/c27-16(3-1-11-34-25(30)31)22(42)36-18(9-10-20(28)40)24(44)37-17(4-2-12-35-26(32)33)23(43)38-19(21(29)41)13-14-5-7-15(39)8-6-14/h5-8,16-19,39H,1-4,9-13,27H2,(H2,28,40)(H2,29,41)(H,36,42)(H,37,44)(H,38,43)(H4,30,31,34)(H4,32,33,35)/t16-,17-,18-,19-/m0/s1.